The number of amides is 1. The standard InChI is InChI=1S/C18H28N2O5S/c1-14(18(22)20-15-6-3-2-4-7-15)25-16-8-10-17(11-9-16)26(23,24)19-12-5-13-21/h8-11,14-15,19,21H,2-7,12-13H2,1H3,(H,20,22)/t14-/m1/s1. The molecule has 1 fully saturated rings. The van der Waals surface area contributed by atoms with Gasteiger partial charge in [0.15, 0.2) is 6.10 Å². The van der Waals surface area contributed by atoms with Crippen LogP contribution in [0.15, 0.2) is 29.2 Å². The summed E-state index contributed by atoms with van der Waals surface area (Å²) in [4.78, 5) is 12.3. The lowest BCUT2D eigenvalue weighted by Crippen LogP contribution is -2.43. The summed E-state index contributed by atoms with van der Waals surface area (Å²) in [5.41, 5.74) is 0. The maximum atomic E-state index is 12.2. The molecular formula is C18H28N2O5S. The zero-order valence-corrected chi connectivity index (χ0v) is 15.9. The lowest BCUT2D eigenvalue weighted by atomic mass is 9.95. The van der Waals surface area contributed by atoms with Crippen molar-refractivity contribution in [1.29, 1.82) is 0 Å². The van der Waals surface area contributed by atoms with E-state index in [4.69, 9.17) is 9.84 Å². The first-order chi connectivity index (χ1) is 12.4. The molecule has 0 radical (unpaired) electrons. The third kappa shape index (κ3) is 6.26. The normalized spacial score (nSPS) is 16.8. The van der Waals surface area contributed by atoms with Gasteiger partial charge in [-0.25, -0.2) is 13.1 Å². The molecule has 0 aromatic heterocycles. The summed E-state index contributed by atoms with van der Waals surface area (Å²) in [5.74, 6) is 0.282. The van der Waals surface area contributed by atoms with Crippen LogP contribution < -0.4 is 14.8 Å². The van der Waals surface area contributed by atoms with Gasteiger partial charge in [0.25, 0.3) is 5.91 Å². The van der Waals surface area contributed by atoms with Gasteiger partial charge < -0.3 is 15.2 Å². The number of nitrogens with one attached hydrogen (secondary N) is 2. The third-order valence-corrected chi connectivity index (χ3v) is 5.87. The van der Waals surface area contributed by atoms with E-state index < -0.39 is 16.1 Å². The van der Waals surface area contributed by atoms with E-state index >= 15 is 0 Å². The number of sulfonamides is 1. The van der Waals surface area contributed by atoms with Crippen LogP contribution in [0.5, 0.6) is 5.75 Å². The van der Waals surface area contributed by atoms with Crippen LogP contribution in [0, 0.1) is 0 Å². The highest BCUT2D eigenvalue weighted by atomic mass is 32.2. The summed E-state index contributed by atoms with van der Waals surface area (Å²) in [5, 5.41) is 11.7. The Kier molecular flexibility index (Phi) is 7.86. The van der Waals surface area contributed by atoms with Gasteiger partial charge in [-0.05, 0) is 50.5 Å². The largest absolute Gasteiger partial charge is 0.481 e. The SMILES string of the molecule is C[C@@H](Oc1ccc(S(=O)(=O)NCCCO)cc1)C(=O)NC1CCCCC1. The topological polar surface area (TPSA) is 105 Å². The molecule has 0 spiro atoms. The number of carbonyl (C=O) groups is 1. The number of ether oxygens (including phenoxy) is 1. The summed E-state index contributed by atoms with van der Waals surface area (Å²) >= 11 is 0. The summed E-state index contributed by atoms with van der Waals surface area (Å²) in [6.45, 7) is 1.78. The Morgan fingerprint density at radius 3 is 2.50 bits per heavy atom. The smallest absolute Gasteiger partial charge is 0.260 e. The molecule has 8 heteroatoms. The Hall–Kier alpha value is -1.64. The van der Waals surface area contributed by atoms with Crippen molar-refractivity contribution in [2.75, 3.05) is 13.2 Å². The van der Waals surface area contributed by atoms with Gasteiger partial charge in [0.2, 0.25) is 10.0 Å². The molecule has 1 atom stereocenters. The molecule has 0 bridgehead atoms. The number of rotatable bonds is 9. The van der Waals surface area contributed by atoms with Gasteiger partial charge in [0.1, 0.15) is 5.75 Å². The number of benzene rings is 1. The van der Waals surface area contributed by atoms with Gasteiger partial charge in [-0.15, -0.1) is 0 Å². The lowest BCUT2D eigenvalue weighted by molar-refractivity contribution is -0.128. The maximum Gasteiger partial charge on any atom is 0.260 e. The van der Waals surface area contributed by atoms with Crippen molar-refractivity contribution in [3.63, 3.8) is 0 Å². The number of carbonyl (C=O) groups excluding carboxylic acids is 1. The minimum Gasteiger partial charge on any atom is -0.481 e. The molecule has 1 aliphatic carbocycles. The second kappa shape index (κ2) is 9.89. The molecule has 0 aliphatic heterocycles. The quantitative estimate of drug-likeness (QED) is 0.561. The summed E-state index contributed by atoms with van der Waals surface area (Å²) in [6, 6.07) is 6.15. The van der Waals surface area contributed by atoms with Gasteiger partial charge in [0, 0.05) is 19.2 Å². The molecule has 0 saturated heterocycles. The van der Waals surface area contributed by atoms with E-state index in [0.717, 1.165) is 25.7 Å². The van der Waals surface area contributed by atoms with Gasteiger partial charge in [-0.3, -0.25) is 4.79 Å². The summed E-state index contributed by atoms with van der Waals surface area (Å²) < 4.78 is 32.2. The number of hydrogen-bond acceptors (Lipinski definition) is 5. The molecule has 1 amide bonds. The van der Waals surface area contributed by atoms with E-state index in [1.54, 1.807) is 6.92 Å². The molecule has 1 aromatic rings. The van der Waals surface area contributed by atoms with Crippen molar-refractivity contribution >= 4 is 15.9 Å². The minimum atomic E-state index is -3.61. The molecule has 7 nitrogen and oxygen atoms in total. The van der Waals surface area contributed by atoms with Crippen molar-refractivity contribution in [3.8, 4) is 5.75 Å². The number of aliphatic hydroxyl groups excluding tert-OH is 1. The molecule has 26 heavy (non-hydrogen) atoms. The van der Waals surface area contributed by atoms with E-state index in [-0.39, 0.29) is 30.0 Å². The van der Waals surface area contributed by atoms with E-state index in [0.29, 0.717) is 12.2 Å². The molecule has 0 heterocycles. The van der Waals surface area contributed by atoms with E-state index in [1.807, 2.05) is 0 Å². The third-order valence-electron chi connectivity index (χ3n) is 4.39. The molecule has 1 aliphatic rings. The van der Waals surface area contributed by atoms with Gasteiger partial charge in [-0.1, -0.05) is 19.3 Å². The first kappa shape index (κ1) is 20.7. The molecule has 2 rings (SSSR count). The van der Waals surface area contributed by atoms with Gasteiger partial charge in [-0.2, -0.15) is 0 Å². The van der Waals surface area contributed by atoms with Crippen molar-refractivity contribution in [1.82, 2.24) is 10.0 Å². The first-order valence-electron chi connectivity index (χ1n) is 9.10. The predicted molar refractivity (Wildman–Crippen MR) is 98.4 cm³/mol. The second-order valence-corrected chi connectivity index (χ2v) is 8.32. The van der Waals surface area contributed by atoms with Crippen LogP contribution in [0.1, 0.15) is 45.4 Å². The van der Waals surface area contributed by atoms with Crippen molar-refractivity contribution < 1.29 is 23.1 Å². The van der Waals surface area contributed by atoms with Crippen molar-refractivity contribution in [2.24, 2.45) is 0 Å². The monoisotopic (exact) mass is 384 g/mol. The van der Waals surface area contributed by atoms with Crippen LogP contribution in [0.25, 0.3) is 0 Å². The molecular weight excluding hydrogens is 356 g/mol. The lowest BCUT2D eigenvalue weighted by Gasteiger charge is -2.24. The minimum absolute atomic E-state index is 0.0733. The molecule has 0 unspecified atom stereocenters. The zero-order valence-electron chi connectivity index (χ0n) is 15.1. The molecule has 146 valence electrons. The highest BCUT2D eigenvalue weighted by Gasteiger charge is 2.21. The fourth-order valence-electron chi connectivity index (χ4n) is 2.89. The highest BCUT2D eigenvalue weighted by Crippen LogP contribution is 2.19. The average Bonchev–Trinajstić information content (AvgIpc) is 2.63. The number of aliphatic hydroxyl groups is 1. The Balaban J connectivity index is 1.88. The van der Waals surface area contributed by atoms with Crippen LogP contribution in [0.2, 0.25) is 0 Å². The molecule has 1 aromatic carbocycles. The van der Waals surface area contributed by atoms with Crippen LogP contribution >= 0.6 is 0 Å². The van der Waals surface area contributed by atoms with Crippen LogP contribution in [0.3, 0.4) is 0 Å². The van der Waals surface area contributed by atoms with Crippen molar-refractivity contribution in [2.45, 2.75) is 62.5 Å². The molecule has 3 N–H and O–H groups in total. The van der Waals surface area contributed by atoms with Gasteiger partial charge in [0.05, 0.1) is 4.90 Å². The first-order valence-corrected chi connectivity index (χ1v) is 10.6. The summed E-state index contributed by atoms with van der Waals surface area (Å²) in [6.07, 6.45) is 5.23. The average molecular weight is 384 g/mol. The Morgan fingerprint density at radius 2 is 1.88 bits per heavy atom. The van der Waals surface area contributed by atoms with Crippen molar-refractivity contribution in [3.05, 3.63) is 24.3 Å². The highest BCUT2D eigenvalue weighted by molar-refractivity contribution is 7.89. The Labute approximate surface area is 155 Å². The van der Waals surface area contributed by atoms with Crippen LogP contribution in [-0.4, -0.2) is 44.7 Å². The fourth-order valence-corrected chi connectivity index (χ4v) is 3.96. The van der Waals surface area contributed by atoms with Crippen LogP contribution in [0.4, 0.5) is 0 Å². The van der Waals surface area contributed by atoms with E-state index in [9.17, 15) is 13.2 Å². The Morgan fingerprint density at radius 1 is 1.23 bits per heavy atom. The number of hydrogen-bond donors (Lipinski definition) is 3. The maximum absolute atomic E-state index is 12.2. The van der Waals surface area contributed by atoms with Crippen LogP contribution in [-0.2, 0) is 14.8 Å². The fraction of sp³-hybridized carbons (Fsp3) is 0.611. The zero-order chi connectivity index (χ0) is 19.0. The van der Waals surface area contributed by atoms with E-state index in [1.165, 1.54) is 30.7 Å². The Bertz CT molecular complexity index is 669. The second-order valence-electron chi connectivity index (χ2n) is 6.55. The molecule has 1 saturated carbocycles. The summed E-state index contributed by atoms with van der Waals surface area (Å²) in [7, 11) is -3.61. The van der Waals surface area contributed by atoms with Gasteiger partial charge >= 0.3 is 0 Å². The van der Waals surface area contributed by atoms with E-state index in [2.05, 4.69) is 10.0 Å². The predicted octanol–water partition coefficient (Wildman–Crippen LogP) is 1.56.